The monoisotopic (exact) mass is 402 g/mol. The highest BCUT2D eigenvalue weighted by atomic mass is 16.3. The van der Waals surface area contributed by atoms with Crippen LogP contribution in [0.15, 0.2) is 41.1 Å². The summed E-state index contributed by atoms with van der Waals surface area (Å²) in [5, 5.41) is 10.0. The van der Waals surface area contributed by atoms with Crippen LogP contribution in [0.2, 0.25) is 0 Å². The van der Waals surface area contributed by atoms with Crippen LogP contribution in [-0.2, 0) is 9.59 Å². The average Bonchev–Trinajstić information content (AvgIpc) is 2.64. The number of amidine groups is 1. The fourth-order valence-corrected chi connectivity index (χ4v) is 2.47. The Morgan fingerprint density at radius 3 is 2.21 bits per heavy atom. The number of anilines is 2. The number of carbonyl (C=O) groups is 2. The Balaban J connectivity index is 2.96. The van der Waals surface area contributed by atoms with Crippen LogP contribution in [0.5, 0.6) is 0 Å². The van der Waals surface area contributed by atoms with E-state index in [2.05, 4.69) is 4.99 Å². The van der Waals surface area contributed by atoms with Gasteiger partial charge in [-0.3, -0.25) is 14.6 Å². The minimum Gasteiger partial charge on any atom is -0.512 e. The summed E-state index contributed by atoms with van der Waals surface area (Å²) in [5.41, 5.74) is 6.98. The van der Waals surface area contributed by atoms with Crippen LogP contribution >= 0.6 is 0 Å². The number of amides is 2. The lowest BCUT2D eigenvalue weighted by atomic mass is 9.93. The number of benzene rings is 1. The van der Waals surface area contributed by atoms with Crippen molar-refractivity contribution >= 4 is 29.0 Å². The summed E-state index contributed by atoms with van der Waals surface area (Å²) in [4.78, 5) is 31.6. The Hall–Kier alpha value is -2.83. The molecule has 1 rings (SSSR count). The van der Waals surface area contributed by atoms with Crippen molar-refractivity contribution in [2.45, 2.75) is 47.5 Å². The third kappa shape index (κ3) is 7.60. The first-order valence-electron chi connectivity index (χ1n) is 9.83. The van der Waals surface area contributed by atoms with E-state index >= 15 is 0 Å². The van der Waals surface area contributed by atoms with Crippen molar-refractivity contribution in [3.05, 3.63) is 36.1 Å². The fourth-order valence-electron chi connectivity index (χ4n) is 2.47. The number of aliphatic hydroxyl groups excluding tert-OH is 1. The molecule has 3 N–H and O–H groups in total. The molecule has 0 aliphatic carbocycles. The zero-order chi connectivity index (χ0) is 22.2. The second kappa shape index (κ2) is 10.6. The summed E-state index contributed by atoms with van der Waals surface area (Å²) in [6, 6.07) is 7.26. The lowest BCUT2D eigenvalue weighted by Crippen LogP contribution is -2.33. The maximum absolute atomic E-state index is 12.6. The molecule has 0 radical (unpaired) electrons. The topological polar surface area (TPSA) is 99.2 Å². The smallest absolute Gasteiger partial charge is 0.227 e. The molecular formula is C22H34N4O3. The largest absolute Gasteiger partial charge is 0.512 e. The zero-order valence-corrected chi connectivity index (χ0v) is 18.4. The molecule has 29 heavy (non-hydrogen) atoms. The van der Waals surface area contributed by atoms with Gasteiger partial charge in [-0.1, -0.05) is 27.7 Å². The fraction of sp³-hybridized carbons (Fsp3) is 0.500. The van der Waals surface area contributed by atoms with Crippen molar-refractivity contribution in [3.8, 4) is 0 Å². The third-order valence-corrected chi connectivity index (χ3v) is 4.46. The van der Waals surface area contributed by atoms with E-state index in [9.17, 15) is 14.7 Å². The van der Waals surface area contributed by atoms with Crippen LogP contribution in [0.25, 0.3) is 0 Å². The Morgan fingerprint density at radius 2 is 1.72 bits per heavy atom. The van der Waals surface area contributed by atoms with Gasteiger partial charge in [0.05, 0.1) is 6.54 Å². The molecule has 0 aromatic heterocycles. The van der Waals surface area contributed by atoms with E-state index in [4.69, 9.17) is 5.73 Å². The van der Waals surface area contributed by atoms with Crippen molar-refractivity contribution in [2.75, 3.05) is 29.9 Å². The molecule has 0 aliphatic heterocycles. The van der Waals surface area contributed by atoms with E-state index in [0.717, 1.165) is 17.8 Å². The zero-order valence-electron chi connectivity index (χ0n) is 18.4. The summed E-state index contributed by atoms with van der Waals surface area (Å²) < 4.78 is 0. The van der Waals surface area contributed by atoms with Crippen LogP contribution in [0.3, 0.4) is 0 Å². The first-order valence-corrected chi connectivity index (χ1v) is 9.83. The Bertz CT molecular complexity index is 761. The van der Waals surface area contributed by atoms with E-state index in [1.807, 2.05) is 52.0 Å². The molecule has 7 nitrogen and oxygen atoms in total. The third-order valence-electron chi connectivity index (χ3n) is 4.46. The Morgan fingerprint density at radius 1 is 1.17 bits per heavy atom. The predicted molar refractivity (Wildman–Crippen MR) is 119 cm³/mol. The first kappa shape index (κ1) is 24.2. The van der Waals surface area contributed by atoms with Gasteiger partial charge in [0, 0.05) is 49.8 Å². The van der Waals surface area contributed by atoms with Crippen molar-refractivity contribution in [1.29, 1.82) is 0 Å². The van der Waals surface area contributed by atoms with Gasteiger partial charge in [-0.2, -0.15) is 0 Å². The van der Waals surface area contributed by atoms with Crippen molar-refractivity contribution in [2.24, 2.45) is 16.1 Å². The molecule has 0 bridgehead atoms. The van der Waals surface area contributed by atoms with Gasteiger partial charge in [0.15, 0.2) is 0 Å². The maximum atomic E-state index is 12.6. The number of nitrogens with zero attached hydrogens (tertiary/aromatic N) is 3. The number of aliphatic hydroxyl groups is 1. The van der Waals surface area contributed by atoms with Crippen molar-refractivity contribution in [3.63, 3.8) is 0 Å². The van der Waals surface area contributed by atoms with E-state index in [1.54, 1.807) is 16.8 Å². The standard InChI is InChI=1S/C22H34N4O3/c1-7-8-21(29)26(14-13-24-20(23)15-19(28)22(3,4)5)18-11-9-17(10-12-18)25(6)16(2)27/h9-12,15,28H,7-8,13-14H2,1-6H3,(H2,23,24)/b19-15-. The number of rotatable bonds is 8. The van der Waals surface area contributed by atoms with Crippen LogP contribution in [0, 0.1) is 5.41 Å². The second-order valence-corrected chi connectivity index (χ2v) is 7.98. The molecule has 160 valence electrons. The maximum Gasteiger partial charge on any atom is 0.227 e. The minimum absolute atomic E-state index is 0.00187. The predicted octanol–water partition coefficient (Wildman–Crippen LogP) is 3.65. The van der Waals surface area contributed by atoms with Gasteiger partial charge in [0.2, 0.25) is 11.8 Å². The highest BCUT2D eigenvalue weighted by Crippen LogP contribution is 2.22. The average molecular weight is 403 g/mol. The van der Waals surface area contributed by atoms with Crippen molar-refractivity contribution < 1.29 is 14.7 Å². The van der Waals surface area contributed by atoms with E-state index < -0.39 is 5.41 Å². The number of nitrogens with two attached hydrogens (primary N) is 1. The highest BCUT2D eigenvalue weighted by Gasteiger charge is 2.17. The van der Waals surface area contributed by atoms with Crippen LogP contribution < -0.4 is 15.5 Å². The molecule has 1 aromatic carbocycles. The molecule has 2 amide bonds. The normalized spacial score (nSPS) is 12.6. The second-order valence-electron chi connectivity index (χ2n) is 7.98. The van der Waals surface area contributed by atoms with Gasteiger partial charge in [-0.15, -0.1) is 0 Å². The van der Waals surface area contributed by atoms with Crippen LogP contribution in [-0.4, -0.2) is 42.9 Å². The summed E-state index contributed by atoms with van der Waals surface area (Å²) >= 11 is 0. The number of aliphatic imine (C=N–C) groups is 1. The quantitative estimate of drug-likeness (QED) is 0.394. The van der Waals surface area contributed by atoms with Gasteiger partial charge in [0.25, 0.3) is 0 Å². The van der Waals surface area contributed by atoms with Gasteiger partial charge in [-0.25, -0.2) is 0 Å². The Kier molecular flexibility index (Phi) is 8.88. The van der Waals surface area contributed by atoms with Crippen LogP contribution in [0.1, 0.15) is 47.5 Å². The molecule has 0 saturated heterocycles. The minimum atomic E-state index is -0.405. The van der Waals surface area contributed by atoms with Gasteiger partial charge in [0.1, 0.15) is 11.6 Å². The molecular weight excluding hydrogens is 368 g/mol. The molecule has 0 atom stereocenters. The van der Waals surface area contributed by atoms with Crippen LogP contribution in [0.4, 0.5) is 11.4 Å². The molecule has 0 aliphatic rings. The van der Waals surface area contributed by atoms with Gasteiger partial charge in [-0.05, 0) is 30.7 Å². The van der Waals surface area contributed by atoms with Gasteiger partial charge >= 0.3 is 0 Å². The lowest BCUT2D eigenvalue weighted by Gasteiger charge is -2.23. The number of hydrogen-bond donors (Lipinski definition) is 2. The molecule has 1 aromatic rings. The molecule has 0 saturated carbocycles. The first-order chi connectivity index (χ1) is 13.5. The Labute approximate surface area is 173 Å². The number of carbonyl (C=O) groups excluding carboxylic acids is 2. The van der Waals surface area contributed by atoms with E-state index in [1.165, 1.54) is 13.0 Å². The number of allylic oxidation sites excluding steroid dienone is 1. The molecule has 0 spiro atoms. The summed E-state index contributed by atoms with van der Waals surface area (Å²) in [7, 11) is 1.70. The number of hydrogen-bond acceptors (Lipinski definition) is 4. The summed E-state index contributed by atoms with van der Waals surface area (Å²) in [6.45, 7) is 9.77. The van der Waals surface area contributed by atoms with Crippen molar-refractivity contribution in [1.82, 2.24) is 0 Å². The molecule has 0 heterocycles. The lowest BCUT2D eigenvalue weighted by molar-refractivity contribution is -0.118. The molecule has 0 unspecified atom stereocenters. The molecule has 7 heteroatoms. The summed E-state index contributed by atoms with van der Waals surface area (Å²) in [5.74, 6) is 0.316. The molecule has 0 fully saturated rings. The van der Waals surface area contributed by atoms with Gasteiger partial charge < -0.3 is 20.6 Å². The SMILES string of the molecule is CCCC(=O)N(CCN=C(N)/C=C(\O)C(C)(C)C)c1ccc(N(C)C(C)=O)cc1. The van der Waals surface area contributed by atoms with E-state index in [0.29, 0.717) is 19.5 Å². The van der Waals surface area contributed by atoms with E-state index in [-0.39, 0.29) is 23.4 Å². The highest BCUT2D eigenvalue weighted by molar-refractivity contribution is 5.95. The summed E-state index contributed by atoms with van der Waals surface area (Å²) in [6.07, 6.45) is 2.62.